The Morgan fingerprint density at radius 3 is 2.25 bits per heavy atom. The Kier molecular flexibility index (Phi) is 3.91. The third-order valence-electron chi connectivity index (χ3n) is 3.70. The molecule has 0 unspecified atom stereocenters. The van der Waals surface area contributed by atoms with Crippen molar-refractivity contribution in [2.24, 2.45) is 0 Å². The largest absolute Gasteiger partial charge is 0.416 e. The summed E-state index contributed by atoms with van der Waals surface area (Å²) in [6, 6.07) is 9.51. The molecule has 3 rings (SSSR count). The highest BCUT2D eigenvalue weighted by atomic mass is 19.4. The molecule has 0 aliphatic heterocycles. The van der Waals surface area contributed by atoms with Gasteiger partial charge in [0.05, 0.1) is 5.56 Å². The van der Waals surface area contributed by atoms with Gasteiger partial charge in [-0.3, -0.25) is 0 Å². The van der Waals surface area contributed by atoms with Crippen LogP contribution in [-0.2, 0) is 6.18 Å². The third-order valence-corrected chi connectivity index (χ3v) is 3.70. The maximum Gasteiger partial charge on any atom is 0.416 e. The lowest BCUT2D eigenvalue weighted by Crippen LogP contribution is -2.05. The summed E-state index contributed by atoms with van der Waals surface area (Å²) in [5.41, 5.74) is 2.76. The monoisotopic (exact) mass is 332 g/mol. The van der Waals surface area contributed by atoms with Crippen molar-refractivity contribution < 1.29 is 17.6 Å². The van der Waals surface area contributed by atoms with Crippen LogP contribution in [0.25, 0.3) is 22.9 Å². The number of alkyl halides is 3. The highest BCUT2D eigenvalue weighted by molar-refractivity contribution is 5.62. The van der Waals surface area contributed by atoms with Crippen molar-refractivity contribution in [1.82, 2.24) is 10.2 Å². The summed E-state index contributed by atoms with van der Waals surface area (Å²) in [5, 5.41) is 7.90. The molecule has 0 bridgehead atoms. The first-order chi connectivity index (χ1) is 11.2. The average molecular weight is 332 g/mol. The molecule has 1 aromatic heterocycles. The molecule has 124 valence electrons. The lowest BCUT2D eigenvalue weighted by atomic mass is 10.1. The normalized spacial score (nSPS) is 11.8. The standard InChI is InChI=1S/C18H15F3N2O/c1-10-4-5-12(3)15(8-10)17-23-22-16(24-17)13-6-11(2)7-14(9-13)18(19,20)21/h4-9H,1-3H3. The Morgan fingerprint density at radius 2 is 1.54 bits per heavy atom. The number of hydrogen-bond donors (Lipinski definition) is 0. The molecule has 0 atom stereocenters. The van der Waals surface area contributed by atoms with Crippen molar-refractivity contribution in [3.63, 3.8) is 0 Å². The molecular weight excluding hydrogens is 317 g/mol. The van der Waals surface area contributed by atoms with Gasteiger partial charge in [0, 0.05) is 11.1 Å². The van der Waals surface area contributed by atoms with E-state index in [4.69, 9.17) is 4.42 Å². The molecule has 0 aliphatic carbocycles. The van der Waals surface area contributed by atoms with E-state index < -0.39 is 11.7 Å². The van der Waals surface area contributed by atoms with Crippen LogP contribution in [-0.4, -0.2) is 10.2 Å². The van der Waals surface area contributed by atoms with Crippen LogP contribution in [0.1, 0.15) is 22.3 Å². The Bertz CT molecular complexity index is 898. The van der Waals surface area contributed by atoms with Gasteiger partial charge in [0.25, 0.3) is 0 Å². The van der Waals surface area contributed by atoms with E-state index >= 15 is 0 Å². The maximum absolute atomic E-state index is 13.0. The average Bonchev–Trinajstić information content (AvgIpc) is 2.98. The second-order valence-electron chi connectivity index (χ2n) is 5.82. The van der Waals surface area contributed by atoms with Gasteiger partial charge in [-0.15, -0.1) is 10.2 Å². The van der Waals surface area contributed by atoms with Gasteiger partial charge in [-0.25, -0.2) is 0 Å². The van der Waals surface area contributed by atoms with E-state index in [0.717, 1.165) is 28.8 Å². The van der Waals surface area contributed by atoms with Crippen LogP contribution in [0, 0.1) is 20.8 Å². The second-order valence-corrected chi connectivity index (χ2v) is 5.82. The van der Waals surface area contributed by atoms with E-state index in [0.29, 0.717) is 11.5 Å². The minimum absolute atomic E-state index is 0.0695. The molecule has 0 radical (unpaired) electrons. The summed E-state index contributed by atoms with van der Waals surface area (Å²) in [4.78, 5) is 0. The highest BCUT2D eigenvalue weighted by Crippen LogP contribution is 2.34. The summed E-state index contributed by atoms with van der Waals surface area (Å²) < 4.78 is 44.5. The van der Waals surface area contributed by atoms with Gasteiger partial charge >= 0.3 is 6.18 Å². The predicted octanol–water partition coefficient (Wildman–Crippen LogP) is 5.35. The second kappa shape index (κ2) is 5.78. The molecule has 0 aliphatic rings. The number of aromatic nitrogens is 2. The maximum atomic E-state index is 13.0. The highest BCUT2D eigenvalue weighted by Gasteiger charge is 2.31. The minimum Gasteiger partial charge on any atom is -0.416 e. The van der Waals surface area contributed by atoms with E-state index in [-0.39, 0.29) is 11.5 Å². The van der Waals surface area contributed by atoms with E-state index in [1.54, 1.807) is 13.0 Å². The van der Waals surface area contributed by atoms with Crippen molar-refractivity contribution in [2.45, 2.75) is 26.9 Å². The lowest BCUT2D eigenvalue weighted by molar-refractivity contribution is -0.137. The van der Waals surface area contributed by atoms with Crippen molar-refractivity contribution >= 4 is 0 Å². The fraction of sp³-hybridized carbons (Fsp3) is 0.222. The van der Waals surface area contributed by atoms with Crippen molar-refractivity contribution in [2.75, 3.05) is 0 Å². The number of hydrogen-bond acceptors (Lipinski definition) is 3. The van der Waals surface area contributed by atoms with Crippen LogP contribution in [0.2, 0.25) is 0 Å². The van der Waals surface area contributed by atoms with Gasteiger partial charge in [0.15, 0.2) is 0 Å². The van der Waals surface area contributed by atoms with Crippen molar-refractivity contribution in [3.05, 3.63) is 58.7 Å². The summed E-state index contributed by atoms with van der Waals surface area (Å²) in [7, 11) is 0. The zero-order chi connectivity index (χ0) is 17.5. The summed E-state index contributed by atoms with van der Waals surface area (Å²) in [6.45, 7) is 5.45. The fourth-order valence-corrected chi connectivity index (χ4v) is 2.49. The fourth-order valence-electron chi connectivity index (χ4n) is 2.49. The van der Waals surface area contributed by atoms with Gasteiger partial charge < -0.3 is 4.42 Å². The molecule has 6 heteroatoms. The zero-order valence-corrected chi connectivity index (χ0v) is 13.4. The summed E-state index contributed by atoms with van der Waals surface area (Å²) >= 11 is 0. The molecular formula is C18H15F3N2O. The molecule has 0 N–H and O–H groups in total. The van der Waals surface area contributed by atoms with Gasteiger partial charge in [-0.05, 0) is 56.2 Å². The Morgan fingerprint density at radius 1 is 0.833 bits per heavy atom. The molecule has 24 heavy (non-hydrogen) atoms. The number of benzene rings is 2. The van der Waals surface area contributed by atoms with Crippen LogP contribution in [0.4, 0.5) is 13.2 Å². The molecule has 0 saturated carbocycles. The van der Waals surface area contributed by atoms with Crippen LogP contribution >= 0.6 is 0 Å². The first kappa shape index (κ1) is 16.2. The van der Waals surface area contributed by atoms with Gasteiger partial charge in [-0.1, -0.05) is 17.7 Å². The van der Waals surface area contributed by atoms with Gasteiger partial charge in [-0.2, -0.15) is 13.2 Å². The van der Waals surface area contributed by atoms with E-state index in [1.807, 2.05) is 32.0 Å². The van der Waals surface area contributed by atoms with Crippen molar-refractivity contribution in [3.8, 4) is 22.9 Å². The van der Waals surface area contributed by atoms with Crippen LogP contribution in [0.15, 0.2) is 40.8 Å². The van der Waals surface area contributed by atoms with Crippen LogP contribution < -0.4 is 0 Å². The minimum atomic E-state index is -4.42. The van der Waals surface area contributed by atoms with E-state index in [9.17, 15) is 13.2 Å². The Balaban J connectivity index is 2.05. The van der Waals surface area contributed by atoms with E-state index in [2.05, 4.69) is 10.2 Å². The van der Waals surface area contributed by atoms with Gasteiger partial charge in [0.1, 0.15) is 0 Å². The predicted molar refractivity (Wildman–Crippen MR) is 84.4 cm³/mol. The molecule has 3 aromatic rings. The third kappa shape index (κ3) is 3.18. The number of halogens is 3. The smallest absolute Gasteiger partial charge is 0.416 e. The molecule has 0 saturated heterocycles. The Labute approximate surface area is 137 Å². The molecule has 1 heterocycles. The van der Waals surface area contributed by atoms with E-state index in [1.165, 1.54) is 0 Å². The zero-order valence-electron chi connectivity index (χ0n) is 13.4. The van der Waals surface area contributed by atoms with Crippen LogP contribution in [0.3, 0.4) is 0 Å². The number of nitrogens with zero attached hydrogens (tertiary/aromatic N) is 2. The number of aryl methyl sites for hydroxylation is 3. The topological polar surface area (TPSA) is 38.9 Å². The Hall–Kier alpha value is -2.63. The quantitative estimate of drug-likeness (QED) is 0.635. The number of rotatable bonds is 2. The molecule has 3 nitrogen and oxygen atoms in total. The van der Waals surface area contributed by atoms with Gasteiger partial charge in [0.2, 0.25) is 11.8 Å². The van der Waals surface area contributed by atoms with Crippen LogP contribution in [0.5, 0.6) is 0 Å². The lowest BCUT2D eigenvalue weighted by Gasteiger charge is -2.08. The SMILES string of the molecule is Cc1cc(-c2nnc(-c3cc(C)ccc3C)o2)cc(C(F)(F)F)c1. The molecule has 2 aromatic carbocycles. The summed E-state index contributed by atoms with van der Waals surface area (Å²) in [5.74, 6) is 0.362. The molecule has 0 spiro atoms. The molecule has 0 fully saturated rings. The first-order valence-corrected chi connectivity index (χ1v) is 7.34. The van der Waals surface area contributed by atoms with Crippen molar-refractivity contribution in [1.29, 1.82) is 0 Å². The first-order valence-electron chi connectivity index (χ1n) is 7.34. The summed E-state index contributed by atoms with van der Waals surface area (Å²) in [6.07, 6.45) is -4.42. The molecule has 0 amide bonds.